The zero-order valence-electron chi connectivity index (χ0n) is 10.2. The first kappa shape index (κ1) is 11.9. The fourth-order valence-corrected chi connectivity index (χ4v) is 3.17. The normalized spacial score (nSPS) is 34.1. The Hall–Kier alpha value is -0.590. The molecule has 0 amide bonds. The van der Waals surface area contributed by atoms with E-state index in [1.807, 2.05) is 0 Å². The summed E-state index contributed by atoms with van der Waals surface area (Å²) >= 11 is 0. The van der Waals surface area contributed by atoms with Gasteiger partial charge in [0, 0.05) is 19.6 Å². The van der Waals surface area contributed by atoms with Crippen molar-refractivity contribution in [2.45, 2.75) is 44.6 Å². The molecule has 3 nitrogen and oxygen atoms in total. The lowest BCUT2D eigenvalue weighted by atomic mass is 9.79. The number of rotatable bonds is 3. The van der Waals surface area contributed by atoms with Crippen LogP contribution in [0.5, 0.6) is 0 Å². The summed E-state index contributed by atoms with van der Waals surface area (Å²) in [7, 11) is 0. The Bertz CT molecular complexity index is 278. The van der Waals surface area contributed by atoms with Gasteiger partial charge in [0.25, 0.3) is 0 Å². The lowest BCUT2D eigenvalue weighted by Crippen LogP contribution is -2.62. The molecule has 0 spiro atoms. The highest BCUT2D eigenvalue weighted by atomic mass is 16.3. The van der Waals surface area contributed by atoms with Crippen LogP contribution in [0.4, 0.5) is 0 Å². The van der Waals surface area contributed by atoms with E-state index in [9.17, 15) is 5.11 Å². The molecular formula is C13H22N2O. The number of β-amino-alcohol motifs (C(OH)–C–C–N with tert-alkyl or cyclic N) is 1. The summed E-state index contributed by atoms with van der Waals surface area (Å²) in [5.74, 6) is 1.64. The Labute approximate surface area is 98.1 Å². The smallest absolute Gasteiger partial charge is 0.103 e. The number of hydrogen-bond acceptors (Lipinski definition) is 3. The molecular weight excluding hydrogens is 200 g/mol. The summed E-state index contributed by atoms with van der Waals surface area (Å²) in [6, 6.07) is 2.07. The highest BCUT2D eigenvalue weighted by molar-refractivity contribution is 5.01. The number of aliphatic hydroxyl groups is 1. The van der Waals surface area contributed by atoms with E-state index in [2.05, 4.69) is 17.9 Å². The number of likely N-dealkylation sites (tertiary alicyclic amines) is 1. The largest absolute Gasteiger partial charge is 0.386 e. The van der Waals surface area contributed by atoms with Crippen molar-refractivity contribution >= 4 is 0 Å². The third kappa shape index (κ3) is 2.56. The van der Waals surface area contributed by atoms with Crippen LogP contribution in [0.2, 0.25) is 0 Å². The van der Waals surface area contributed by atoms with E-state index in [0.29, 0.717) is 13.1 Å². The fourth-order valence-electron chi connectivity index (χ4n) is 3.17. The SMILES string of the molecule is C[C@H]1CCCC[C@H]1CN1CC(O)(CC#N)C1. The minimum absolute atomic E-state index is 0.281. The Morgan fingerprint density at radius 3 is 2.69 bits per heavy atom. The topological polar surface area (TPSA) is 47.3 Å². The second-order valence-electron chi connectivity index (χ2n) is 5.75. The van der Waals surface area contributed by atoms with Gasteiger partial charge in [-0.2, -0.15) is 5.26 Å². The Kier molecular flexibility index (Phi) is 3.51. The molecule has 2 fully saturated rings. The number of nitriles is 1. The lowest BCUT2D eigenvalue weighted by molar-refractivity contribution is -0.102. The summed E-state index contributed by atoms with van der Waals surface area (Å²) in [6.07, 6.45) is 5.74. The molecule has 0 bridgehead atoms. The predicted octanol–water partition coefficient (Wildman–Crippen LogP) is 1.77. The maximum Gasteiger partial charge on any atom is 0.103 e. The van der Waals surface area contributed by atoms with E-state index in [0.717, 1.165) is 18.4 Å². The Balaban J connectivity index is 1.74. The molecule has 3 heteroatoms. The fraction of sp³-hybridized carbons (Fsp3) is 0.923. The maximum absolute atomic E-state index is 9.91. The molecule has 1 N–H and O–H groups in total. The van der Waals surface area contributed by atoms with Crippen LogP contribution in [0.3, 0.4) is 0 Å². The third-order valence-electron chi connectivity index (χ3n) is 4.23. The third-order valence-corrected chi connectivity index (χ3v) is 4.23. The molecule has 1 heterocycles. The standard InChI is InChI=1S/C13H22N2O/c1-11-4-2-3-5-12(11)8-15-9-13(16,10-15)6-7-14/h11-12,16H,2-6,8-10H2,1H3/t11-,12-/m0/s1. The van der Waals surface area contributed by atoms with Crippen LogP contribution in [0.25, 0.3) is 0 Å². The van der Waals surface area contributed by atoms with Crippen LogP contribution < -0.4 is 0 Å². The van der Waals surface area contributed by atoms with Gasteiger partial charge in [0.05, 0.1) is 12.5 Å². The van der Waals surface area contributed by atoms with Crippen LogP contribution in [0.1, 0.15) is 39.0 Å². The molecule has 2 aliphatic rings. The quantitative estimate of drug-likeness (QED) is 0.791. The minimum Gasteiger partial charge on any atom is -0.386 e. The molecule has 2 atom stereocenters. The molecule has 16 heavy (non-hydrogen) atoms. The molecule has 1 saturated heterocycles. The predicted molar refractivity (Wildman–Crippen MR) is 62.7 cm³/mol. The monoisotopic (exact) mass is 222 g/mol. The second-order valence-corrected chi connectivity index (χ2v) is 5.75. The van der Waals surface area contributed by atoms with Crippen LogP contribution in [0.15, 0.2) is 0 Å². The van der Waals surface area contributed by atoms with E-state index >= 15 is 0 Å². The van der Waals surface area contributed by atoms with Crippen molar-refractivity contribution in [2.24, 2.45) is 11.8 Å². The van der Waals surface area contributed by atoms with Crippen molar-refractivity contribution in [1.29, 1.82) is 5.26 Å². The summed E-state index contributed by atoms with van der Waals surface area (Å²) in [4.78, 5) is 2.31. The molecule has 1 aliphatic heterocycles. The summed E-state index contributed by atoms with van der Waals surface area (Å²) in [6.45, 7) is 4.87. The Morgan fingerprint density at radius 1 is 1.38 bits per heavy atom. The highest BCUT2D eigenvalue weighted by Gasteiger charge is 2.41. The molecule has 0 aromatic carbocycles. The first-order valence-electron chi connectivity index (χ1n) is 6.45. The van der Waals surface area contributed by atoms with Crippen LogP contribution in [-0.4, -0.2) is 35.2 Å². The van der Waals surface area contributed by atoms with Gasteiger partial charge < -0.3 is 5.11 Å². The Morgan fingerprint density at radius 2 is 2.06 bits per heavy atom. The van der Waals surface area contributed by atoms with Crippen molar-refractivity contribution in [1.82, 2.24) is 4.90 Å². The van der Waals surface area contributed by atoms with Gasteiger partial charge in [0.2, 0.25) is 0 Å². The van der Waals surface area contributed by atoms with Gasteiger partial charge in [-0.25, -0.2) is 0 Å². The summed E-state index contributed by atoms with van der Waals surface area (Å²) in [5, 5.41) is 18.5. The van der Waals surface area contributed by atoms with Gasteiger partial charge in [-0.3, -0.25) is 4.90 Å². The van der Waals surface area contributed by atoms with E-state index in [-0.39, 0.29) is 6.42 Å². The van der Waals surface area contributed by atoms with E-state index < -0.39 is 5.60 Å². The zero-order chi connectivity index (χ0) is 11.6. The van der Waals surface area contributed by atoms with Crippen molar-refractivity contribution in [3.05, 3.63) is 0 Å². The highest BCUT2D eigenvalue weighted by Crippen LogP contribution is 2.33. The molecule has 90 valence electrons. The second kappa shape index (κ2) is 4.73. The van der Waals surface area contributed by atoms with Crippen LogP contribution >= 0.6 is 0 Å². The lowest BCUT2D eigenvalue weighted by Gasteiger charge is -2.47. The van der Waals surface area contributed by atoms with Crippen LogP contribution in [-0.2, 0) is 0 Å². The van der Waals surface area contributed by atoms with Gasteiger partial charge in [-0.1, -0.05) is 26.2 Å². The van der Waals surface area contributed by atoms with Crippen molar-refractivity contribution in [3.8, 4) is 6.07 Å². The average Bonchev–Trinajstić information content (AvgIpc) is 2.19. The van der Waals surface area contributed by atoms with Gasteiger partial charge in [0.1, 0.15) is 5.60 Å². The maximum atomic E-state index is 9.91. The molecule has 0 aromatic heterocycles. The zero-order valence-corrected chi connectivity index (χ0v) is 10.2. The summed E-state index contributed by atoms with van der Waals surface area (Å²) < 4.78 is 0. The first-order chi connectivity index (χ1) is 7.63. The molecule has 2 rings (SSSR count). The molecule has 0 radical (unpaired) electrons. The molecule has 0 aromatic rings. The number of hydrogen-bond donors (Lipinski definition) is 1. The van der Waals surface area contributed by atoms with Crippen molar-refractivity contribution in [3.63, 3.8) is 0 Å². The van der Waals surface area contributed by atoms with Gasteiger partial charge in [0.15, 0.2) is 0 Å². The van der Waals surface area contributed by atoms with Gasteiger partial charge in [-0.15, -0.1) is 0 Å². The van der Waals surface area contributed by atoms with Crippen molar-refractivity contribution < 1.29 is 5.11 Å². The molecule has 1 saturated carbocycles. The van der Waals surface area contributed by atoms with E-state index in [4.69, 9.17) is 5.26 Å². The average molecular weight is 222 g/mol. The first-order valence-corrected chi connectivity index (χ1v) is 6.45. The van der Waals surface area contributed by atoms with E-state index in [1.54, 1.807) is 0 Å². The minimum atomic E-state index is -0.702. The number of nitrogens with zero attached hydrogens (tertiary/aromatic N) is 2. The van der Waals surface area contributed by atoms with Gasteiger partial charge in [-0.05, 0) is 18.3 Å². The van der Waals surface area contributed by atoms with Gasteiger partial charge >= 0.3 is 0 Å². The van der Waals surface area contributed by atoms with E-state index in [1.165, 1.54) is 25.7 Å². The van der Waals surface area contributed by atoms with Crippen molar-refractivity contribution in [2.75, 3.05) is 19.6 Å². The molecule has 0 unspecified atom stereocenters. The van der Waals surface area contributed by atoms with Crippen LogP contribution in [0, 0.1) is 23.2 Å². The molecule has 1 aliphatic carbocycles. The summed E-state index contributed by atoms with van der Waals surface area (Å²) in [5.41, 5.74) is -0.702.